The van der Waals surface area contributed by atoms with Crippen molar-refractivity contribution in [1.82, 2.24) is 5.32 Å². The highest BCUT2D eigenvalue weighted by molar-refractivity contribution is 7.80. The van der Waals surface area contributed by atoms with Crippen molar-refractivity contribution in [3.63, 3.8) is 0 Å². The maximum atomic E-state index is 12.0. The second kappa shape index (κ2) is 8.08. The number of anilines is 1. The van der Waals surface area contributed by atoms with Gasteiger partial charge in [0.1, 0.15) is 5.00 Å². The van der Waals surface area contributed by atoms with Gasteiger partial charge < -0.3 is 15.4 Å². The summed E-state index contributed by atoms with van der Waals surface area (Å²) >= 11 is 6.80. The maximum Gasteiger partial charge on any atom is 0.340 e. The molecule has 6 heteroatoms. The van der Waals surface area contributed by atoms with Crippen LogP contribution in [0, 0.1) is 0 Å². The van der Waals surface area contributed by atoms with E-state index in [1.807, 2.05) is 36.4 Å². The fourth-order valence-electron chi connectivity index (χ4n) is 1.96. The fourth-order valence-corrected chi connectivity index (χ4v) is 3.38. The Morgan fingerprint density at radius 1 is 1.35 bits per heavy atom. The Morgan fingerprint density at radius 2 is 2.04 bits per heavy atom. The first-order valence-corrected chi connectivity index (χ1v) is 8.62. The van der Waals surface area contributed by atoms with E-state index in [1.54, 1.807) is 0 Å². The van der Waals surface area contributed by atoms with E-state index in [9.17, 15) is 4.79 Å². The monoisotopic (exact) mass is 348 g/mol. The van der Waals surface area contributed by atoms with E-state index in [2.05, 4.69) is 24.5 Å². The molecule has 0 aliphatic rings. The highest BCUT2D eigenvalue weighted by atomic mass is 32.1. The van der Waals surface area contributed by atoms with Gasteiger partial charge in [0, 0.05) is 10.9 Å². The van der Waals surface area contributed by atoms with Gasteiger partial charge in [-0.3, -0.25) is 0 Å². The van der Waals surface area contributed by atoms with E-state index in [0.29, 0.717) is 15.7 Å². The molecule has 0 saturated heterocycles. The van der Waals surface area contributed by atoms with Gasteiger partial charge in [-0.15, -0.1) is 11.3 Å². The maximum absolute atomic E-state index is 12.0. The van der Waals surface area contributed by atoms with E-state index in [1.165, 1.54) is 18.4 Å². The molecule has 1 heterocycles. The van der Waals surface area contributed by atoms with E-state index < -0.39 is 0 Å². The molecule has 0 aliphatic heterocycles. The molecule has 1 atom stereocenters. The average molecular weight is 348 g/mol. The van der Waals surface area contributed by atoms with Crippen molar-refractivity contribution in [3.05, 3.63) is 42.0 Å². The van der Waals surface area contributed by atoms with Crippen LogP contribution in [-0.2, 0) is 4.74 Å². The second-order valence-corrected chi connectivity index (χ2v) is 6.58. The number of ether oxygens (including phenoxy) is 1. The van der Waals surface area contributed by atoms with Crippen molar-refractivity contribution in [2.45, 2.75) is 26.3 Å². The van der Waals surface area contributed by atoms with Crippen LogP contribution in [0.15, 0.2) is 36.4 Å². The molecule has 0 aliphatic carbocycles. The number of methoxy groups -OCH3 is 1. The quantitative estimate of drug-likeness (QED) is 0.624. The van der Waals surface area contributed by atoms with E-state index in [-0.39, 0.29) is 12.0 Å². The number of benzene rings is 1. The molecular weight excluding hydrogens is 328 g/mol. The molecule has 1 aromatic carbocycles. The van der Waals surface area contributed by atoms with Gasteiger partial charge in [-0.25, -0.2) is 4.79 Å². The molecule has 0 saturated carbocycles. The molecule has 0 spiro atoms. The van der Waals surface area contributed by atoms with Crippen LogP contribution >= 0.6 is 23.6 Å². The van der Waals surface area contributed by atoms with Crippen LogP contribution in [0.5, 0.6) is 0 Å². The third-order valence-electron chi connectivity index (χ3n) is 3.41. The van der Waals surface area contributed by atoms with Crippen LogP contribution in [0.25, 0.3) is 10.4 Å². The minimum atomic E-state index is -0.378. The van der Waals surface area contributed by atoms with Crippen LogP contribution in [0.1, 0.15) is 30.6 Å². The first kappa shape index (κ1) is 17.4. The van der Waals surface area contributed by atoms with Gasteiger partial charge >= 0.3 is 5.97 Å². The number of thiocarbonyl (C=S) groups is 1. The first-order chi connectivity index (χ1) is 11.0. The number of esters is 1. The van der Waals surface area contributed by atoms with Gasteiger partial charge in [0.25, 0.3) is 0 Å². The van der Waals surface area contributed by atoms with Gasteiger partial charge in [0.15, 0.2) is 5.11 Å². The van der Waals surface area contributed by atoms with Crippen molar-refractivity contribution >= 4 is 39.6 Å². The topological polar surface area (TPSA) is 50.4 Å². The van der Waals surface area contributed by atoms with Gasteiger partial charge in [-0.05, 0) is 37.2 Å². The lowest BCUT2D eigenvalue weighted by Crippen LogP contribution is -2.35. The van der Waals surface area contributed by atoms with Gasteiger partial charge in [-0.2, -0.15) is 0 Å². The van der Waals surface area contributed by atoms with E-state index in [0.717, 1.165) is 16.9 Å². The van der Waals surface area contributed by atoms with Crippen LogP contribution in [0.2, 0.25) is 0 Å². The van der Waals surface area contributed by atoms with Crippen molar-refractivity contribution in [3.8, 4) is 10.4 Å². The number of nitrogens with one attached hydrogen (secondary N) is 2. The van der Waals surface area contributed by atoms with Crippen molar-refractivity contribution < 1.29 is 9.53 Å². The predicted octanol–water partition coefficient (Wildman–Crippen LogP) is 4.29. The minimum absolute atomic E-state index is 0.269. The molecule has 1 unspecified atom stereocenters. The highest BCUT2D eigenvalue weighted by Crippen LogP contribution is 2.35. The fraction of sp³-hybridized carbons (Fsp3) is 0.294. The number of hydrogen-bond acceptors (Lipinski definition) is 4. The summed E-state index contributed by atoms with van der Waals surface area (Å²) in [5.41, 5.74) is 1.54. The van der Waals surface area contributed by atoms with Gasteiger partial charge in [-0.1, -0.05) is 37.3 Å². The lowest BCUT2D eigenvalue weighted by molar-refractivity contribution is 0.0602. The predicted molar refractivity (Wildman–Crippen MR) is 100 cm³/mol. The summed E-state index contributed by atoms with van der Waals surface area (Å²) in [5.74, 6) is -0.378. The Labute approximate surface area is 145 Å². The standard InChI is InChI=1S/C17H20N2O2S2/c1-4-11(2)18-17(22)19-15-13(16(20)21-3)10-14(23-15)12-8-6-5-7-9-12/h5-11H,4H2,1-3H3,(H2,18,19,22). The molecule has 2 aromatic rings. The summed E-state index contributed by atoms with van der Waals surface area (Å²) in [6, 6.07) is 12.0. The SMILES string of the molecule is CCC(C)NC(=S)Nc1sc(-c2ccccc2)cc1C(=O)OC. The Bertz CT molecular complexity index is 683. The highest BCUT2D eigenvalue weighted by Gasteiger charge is 2.18. The first-order valence-electron chi connectivity index (χ1n) is 7.40. The van der Waals surface area contributed by atoms with Crippen LogP contribution < -0.4 is 10.6 Å². The summed E-state index contributed by atoms with van der Waals surface area (Å²) in [7, 11) is 1.38. The molecule has 122 valence electrons. The second-order valence-electron chi connectivity index (χ2n) is 5.12. The minimum Gasteiger partial charge on any atom is -0.465 e. The normalized spacial score (nSPS) is 11.6. The molecule has 0 bridgehead atoms. The van der Waals surface area contributed by atoms with Crippen molar-refractivity contribution in [1.29, 1.82) is 0 Å². The Morgan fingerprint density at radius 3 is 2.65 bits per heavy atom. The third-order valence-corrected chi connectivity index (χ3v) is 4.73. The van der Waals surface area contributed by atoms with Gasteiger partial charge in [0.2, 0.25) is 0 Å². The van der Waals surface area contributed by atoms with Crippen molar-refractivity contribution in [2.75, 3.05) is 12.4 Å². The third kappa shape index (κ3) is 4.53. The number of carbonyl (C=O) groups is 1. The average Bonchev–Trinajstić information content (AvgIpc) is 2.98. The van der Waals surface area contributed by atoms with Crippen LogP contribution in [-0.4, -0.2) is 24.2 Å². The number of rotatable bonds is 5. The summed E-state index contributed by atoms with van der Waals surface area (Å²) in [6.07, 6.45) is 0.964. The zero-order chi connectivity index (χ0) is 16.8. The molecule has 1 aromatic heterocycles. The molecule has 2 N–H and O–H groups in total. The number of hydrogen-bond donors (Lipinski definition) is 2. The lowest BCUT2D eigenvalue weighted by Gasteiger charge is -2.14. The summed E-state index contributed by atoms with van der Waals surface area (Å²) in [4.78, 5) is 13.0. The molecule has 0 radical (unpaired) electrons. The molecule has 0 fully saturated rings. The Kier molecular flexibility index (Phi) is 6.12. The zero-order valence-corrected chi connectivity index (χ0v) is 15.0. The molecule has 0 amide bonds. The summed E-state index contributed by atoms with van der Waals surface area (Å²) in [5, 5.41) is 7.50. The van der Waals surface area contributed by atoms with E-state index in [4.69, 9.17) is 17.0 Å². The van der Waals surface area contributed by atoms with Crippen LogP contribution in [0.3, 0.4) is 0 Å². The number of thiophene rings is 1. The Hall–Kier alpha value is -1.92. The van der Waals surface area contributed by atoms with E-state index >= 15 is 0 Å². The molecular formula is C17H20N2O2S2. The zero-order valence-electron chi connectivity index (χ0n) is 13.4. The van der Waals surface area contributed by atoms with Crippen LogP contribution in [0.4, 0.5) is 5.00 Å². The van der Waals surface area contributed by atoms with Crippen molar-refractivity contribution in [2.24, 2.45) is 0 Å². The Balaban J connectivity index is 2.28. The number of carbonyl (C=O) groups excluding carboxylic acids is 1. The van der Waals surface area contributed by atoms with Gasteiger partial charge in [0.05, 0.1) is 12.7 Å². The molecule has 4 nitrogen and oxygen atoms in total. The molecule has 2 rings (SSSR count). The largest absolute Gasteiger partial charge is 0.465 e. The lowest BCUT2D eigenvalue weighted by atomic mass is 10.1. The smallest absolute Gasteiger partial charge is 0.340 e. The summed E-state index contributed by atoms with van der Waals surface area (Å²) in [6.45, 7) is 4.14. The molecule has 23 heavy (non-hydrogen) atoms. The summed E-state index contributed by atoms with van der Waals surface area (Å²) < 4.78 is 4.87.